The molecule has 3 nitrogen and oxygen atoms in total. The van der Waals surface area contributed by atoms with Crippen molar-refractivity contribution in [2.75, 3.05) is 5.32 Å². The van der Waals surface area contributed by atoms with Gasteiger partial charge in [0.25, 0.3) is 5.91 Å². The predicted molar refractivity (Wildman–Crippen MR) is 132 cm³/mol. The van der Waals surface area contributed by atoms with Crippen molar-refractivity contribution in [3.8, 4) is 11.3 Å². The molecule has 0 saturated carbocycles. The molecule has 1 aromatic heterocycles. The molecule has 0 unspecified atom stereocenters. The quantitative estimate of drug-likeness (QED) is 0.257. The minimum Gasteiger partial charge on any atom is -0.322 e. The summed E-state index contributed by atoms with van der Waals surface area (Å²) in [6.45, 7) is 1.99. The molecule has 1 heterocycles. The maximum absolute atomic E-state index is 13.2. The number of pyridine rings is 1. The zero-order valence-corrected chi connectivity index (χ0v) is 19.8. The lowest BCUT2D eigenvalue weighted by atomic mass is 10.0. The number of fused-ring (bicyclic) bond motifs is 1. The van der Waals surface area contributed by atoms with E-state index in [1.165, 1.54) is 0 Å². The van der Waals surface area contributed by atoms with Crippen molar-refractivity contribution >= 4 is 72.6 Å². The molecule has 4 rings (SSSR count). The van der Waals surface area contributed by atoms with Crippen molar-refractivity contribution in [3.63, 3.8) is 0 Å². The second kappa shape index (κ2) is 8.42. The fourth-order valence-corrected chi connectivity index (χ4v) is 4.20. The van der Waals surface area contributed by atoms with E-state index in [0.29, 0.717) is 10.6 Å². The first-order valence-corrected chi connectivity index (χ1v) is 11.1. The number of nitrogens with zero attached hydrogens (tertiary/aromatic N) is 1. The Morgan fingerprint density at radius 1 is 1.03 bits per heavy atom. The van der Waals surface area contributed by atoms with E-state index in [0.717, 1.165) is 41.5 Å². The zero-order chi connectivity index (χ0) is 20.5. The summed E-state index contributed by atoms with van der Waals surface area (Å²) in [5, 5.41) is 4.46. The molecule has 0 saturated heterocycles. The summed E-state index contributed by atoms with van der Waals surface area (Å²) in [6.07, 6.45) is 0. The molecule has 4 aromatic rings. The number of hydrogen-bond acceptors (Lipinski definition) is 2. The van der Waals surface area contributed by atoms with E-state index >= 15 is 0 Å². The van der Waals surface area contributed by atoms with Crippen LogP contribution in [0.25, 0.3) is 22.2 Å². The van der Waals surface area contributed by atoms with Crippen LogP contribution < -0.4 is 5.32 Å². The van der Waals surface area contributed by atoms with Crippen molar-refractivity contribution in [1.29, 1.82) is 0 Å². The third-order valence-electron chi connectivity index (χ3n) is 4.56. The van der Waals surface area contributed by atoms with Gasteiger partial charge in [0.2, 0.25) is 0 Å². The van der Waals surface area contributed by atoms with E-state index in [-0.39, 0.29) is 5.91 Å². The van der Waals surface area contributed by atoms with E-state index in [1.807, 2.05) is 73.7 Å². The number of halogens is 3. The molecule has 29 heavy (non-hydrogen) atoms. The van der Waals surface area contributed by atoms with Gasteiger partial charge in [0, 0.05) is 29.7 Å². The summed E-state index contributed by atoms with van der Waals surface area (Å²) in [5.74, 6) is -0.175. The van der Waals surface area contributed by atoms with E-state index in [4.69, 9.17) is 16.6 Å². The first-order chi connectivity index (χ1) is 13.9. The van der Waals surface area contributed by atoms with Crippen molar-refractivity contribution in [2.24, 2.45) is 0 Å². The van der Waals surface area contributed by atoms with Gasteiger partial charge in [-0.2, -0.15) is 0 Å². The number of carbonyl (C=O) groups is 1. The van der Waals surface area contributed by atoms with Crippen LogP contribution in [-0.4, -0.2) is 10.9 Å². The van der Waals surface area contributed by atoms with Gasteiger partial charge in [-0.3, -0.25) is 4.79 Å². The Morgan fingerprint density at radius 2 is 1.72 bits per heavy atom. The molecule has 6 heteroatoms. The SMILES string of the molecule is Cc1cc(Br)cc2c(C(=O)Nc3ccc(I)cc3)cc(-c3ccc(Cl)cc3)nc12. The van der Waals surface area contributed by atoms with Crippen molar-refractivity contribution < 1.29 is 4.79 Å². The van der Waals surface area contributed by atoms with Gasteiger partial charge in [0.05, 0.1) is 16.8 Å². The van der Waals surface area contributed by atoms with Gasteiger partial charge in [0.1, 0.15) is 0 Å². The molecular weight excluding hydrogens is 563 g/mol. The summed E-state index contributed by atoms with van der Waals surface area (Å²) in [4.78, 5) is 18.0. The fourth-order valence-electron chi connectivity index (χ4n) is 3.14. The highest BCUT2D eigenvalue weighted by Crippen LogP contribution is 2.30. The molecule has 0 bridgehead atoms. The van der Waals surface area contributed by atoms with Crippen LogP contribution in [0.2, 0.25) is 5.02 Å². The Labute approximate surface area is 195 Å². The molecule has 0 aliphatic rings. The van der Waals surface area contributed by atoms with Gasteiger partial charge < -0.3 is 5.32 Å². The van der Waals surface area contributed by atoms with E-state index in [2.05, 4.69) is 43.8 Å². The van der Waals surface area contributed by atoms with Gasteiger partial charge in [-0.05, 0) is 89.7 Å². The number of rotatable bonds is 3. The number of hydrogen-bond donors (Lipinski definition) is 1. The molecule has 144 valence electrons. The average molecular weight is 578 g/mol. The maximum atomic E-state index is 13.2. The first-order valence-electron chi connectivity index (χ1n) is 8.84. The third kappa shape index (κ3) is 4.47. The molecule has 0 spiro atoms. The second-order valence-corrected chi connectivity index (χ2v) is 9.24. The highest BCUT2D eigenvalue weighted by Gasteiger charge is 2.16. The summed E-state index contributed by atoms with van der Waals surface area (Å²) in [7, 11) is 0. The van der Waals surface area contributed by atoms with Gasteiger partial charge in [-0.25, -0.2) is 4.98 Å². The van der Waals surface area contributed by atoms with Crippen LogP contribution in [0, 0.1) is 10.5 Å². The second-order valence-electron chi connectivity index (χ2n) is 6.64. The Bertz CT molecular complexity index is 1220. The number of amides is 1. The van der Waals surface area contributed by atoms with Gasteiger partial charge >= 0.3 is 0 Å². The molecule has 0 fully saturated rings. The summed E-state index contributed by atoms with van der Waals surface area (Å²) in [5.41, 5.74) is 4.75. The summed E-state index contributed by atoms with van der Waals surface area (Å²) >= 11 is 11.8. The Kier molecular flexibility index (Phi) is 5.90. The molecule has 1 N–H and O–H groups in total. The fraction of sp³-hybridized carbons (Fsp3) is 0.0435. The topological polar surface area (TPSA) is 42.0 Å². The summed E-state index contributed by atoms with van der Waals surface area (Å²) < 4.78 is 2.02. The van der Waals surface area contributed by atoms with E-state index < -0.39 is 0 Å². The number of benzene rings is 3. The minimum atomic E-state index is -0.175. The van der Waals surface area contributed by atoms with Crippen LogP contribution in [-0.2, 0) is 0 Å². The Morgan fingerprint density at radius 3 is 2.41 bits per heavy atom. The smallest absolute Gasteiger partial charge is 0.256 e. The first kappa shape index (κ1) is 20.3. The lowest BCUT2D eigenvalue weighted by molar-refractivity contribution is 0.102. The van der Waals surface area contributed by atoms with Crippen molar-refractivity contribution in [1.82, 2.24) is 4.98 Å². The monoisotopic (exact) mass is 576 g/mol. The Balaban J connectivity index is 1.86. The summed E-state index contributed by atoms with van der Waals surface area (Å²) in [6, 6.07) is 20.9. The molecule has 3 aromatic carbocycles. The largest absolute Gasteiger partial charge is 0.322 e. The van der Waals surface area contributed by atoms with Crippen molar-refractivity contribution in [3.05, 3.63) is 90.9 Å². The molecule has 0 radical (unpaired) electrons. The molecular formula is C23H15BrClIN2O. The predicted octanol–water partition coefficient (Wildman–Crippen LogP) is 7.48. The number of carbonyl (C=O) groups excluding carboxylic acids is 1. The van der Waals surface area contributed by atoms with Crippen LogP contribution in [0.4, 0.5) is 5.69 Å². The van der Waals surface area contributed by atoms with Crippen LogP contribution >= 0.6 is 50.1 Å². The number of aryl methyl sites for hydroxylation is 1. The minimum absolute atomic E-state index is 0.175. The highest BCUT2D eigenvalue weighted by molar-refractivity contribution is 14.1. The van der Waals surface area contributed by atoms with E-state index in [9.17, 15) is 4.79 Å². The molecule has 0 aliphatic carbocycles. The van der Waals surface area contributed by atoms with Gasteiger partial charge in [-0.15, -0.1) is 0 Å². The zero-order valence-electron chi connectivity index (χ0n) is 15.3. The third-order valence-corrected chi connectivity index (χ3v) is 5.98. The highest BCUT2D eigenvalue weighted by atomic mass is 127. The van der Waals surface area contributed by atoms with Gasteiger partial charge in [0.15, 0.2) is 0 Å². The van der Waals surface area contributed by atoms with Crippen LogP contribution in [0.15, 0.2) is 71.2 Å². The molecule has 1 amide bonds. The normalized spacial score (nSPS) is 10.9. The number of nitrogens with one attached hydrogen (secondary N) is 1. The lowest BCUT2D eigenvalue weighted by Gasteiger charge is -2.13. The molecule has 0 aliphatic heterocycles. The van der Waals surface area contributed by atoms with Gasteiger partial charge in [-0.1, -0.05) is 39.7 Å². The standard InChI is InChI=1S/C23H15BrClIN2O/c1-13-10-15(24)11-19-20(23(29)27-18-8-6-17(26)7-9-18)12-21(28-22(13)19)14-2-4-16(25)5-3-14/h2-12H,1H3,(H,27,29). The number of anilines is 1. The average Bonchev–Trinajstić information content (AvgIpc) is 2.69. The Hall–Kier alpha value is -1.96. The maximum Gasteiger partial charge on any atom is 0.256 e. The van der Waals surface area contributed by atoms with Crippen LogP contribution in [0.5, 0.6) is 0 Å². The molecule has 0 atom stereocenters. The van der Waals surface area contributed by atoms with E-state index in [1.54, 1.807) is 0 Å². The van der Waals surface area contributed by atoms with Crippen molar-refractivity contribution in [2.45, 2.75) is 6.92 Å². The van der Waals surface area contributed by atoms with Crippen LogP contribution in [0.1, 0.15) is 15.9 Å². The van der Waals surface area contributed by atoms with Crippen LogP contribution in [0.3, 0.4) is 0 Å². The lowest BCUT2D eigenvalue weighted by Crippen LogP contribution is -2.13. The number of aromatic nitrogens is 1.